The number of hydrogen-bond acceptors (Lipinski definition) is 1. The largest absolute Gasteiger partial charge is 0.263 e. The average Bonchev–Trinajstić information content (AvgIpc) is 2.25. The summed E-state index contributed by atoms with van der Waals surface area (Å²) in [6, 6.07) is 2.00. The molecule has 1 aromatic heterocycles. The summed E-state index contributed by atoms with van der Waals surface area (Å²) < 4.78 is 0. The fourth-order valence-corrected chi connectivity index (χ4v) is 1.60. The Morgan fingerprint density at radius 3 is 2.60 bits per heavy atom. The van der Waals surface area contributed by atoms with Crippen LogP contribution >= 0.6 is 0 Å². The van der Waals surface area contributed by atoms with Gasteiger partial charge in [0.2, 0.25) is 0 Å². The first-order valence-electron chi connectivity index (χ1n) is 5.04. The fourth-order valence-electron chi connectivity index (χ4n) is 1.60. The highest BCUT2D eigenvalue weighted by molar-refractivity contribution is 5.33. The third-order valence-corrected chi connectivity index (χ3v) is 2.50. The lowest BCUT2D eigenvalue weighted by Gasteiger charge is -2.18. The van der Waals surface area contributed by atoms with Gasteiger partial charge >= 0.3 is 0 Å². The first-order chi connectivity index (χ1) is 7.19. The SMILES string of the molecule is C#CCC(c1cncc(C#C)c1)C(C)C. The standard InChI is InChI=1S/C14H15N/c1-5-7-14(11(3)4)13-8-12(6-2)9-15-10-13/h1-2,8-11,14H,7H2,3-4H3. The molecule has 0 N–H and O–H groups in total. The van der Waals surface area contributed by atoms with E-state index >= 15 is 0 Å². The number of terminal acetylenes is 2. The molecule has 1 unspecified atom stereocenters. The van der Waals surface area contributed by atoms with E-state index in [1.54, 1.807) is 6.20 Å². The zero-order valence-corrected chi connectivity index (χ0v) is 9.20. The predicted molar refractivity (Wildman–Crippen MR) is 63.2 cm³/mol. The van der Waals surface area contributed by atoms with Crippen LogP contribution in [0, 0.1) is 30.6 Å². The Labute approximate surface area is 91.9 Å². The molecule has 0 spiro atoms. The van der Waals surface area contributed by atoms with Crippen molar-refractivity contribution < 1.29 is 0 Å². The number of hydrogen-bond donors (Lipinski definition) is 0. The maximum absolute atomic E-state index is 5.36. The first-order valence-corrected chi connectivity index (χ1v) is 5.04. The normalized spacial score (nSPS) is 11.8. The van der Waals surface area contributed by atoms with Crippen LogP contribution in [0.2, 0.25) is 0 Å². The van der Waals surface area contributed by atoms with Gasteiger partial charge in [0.15, 0.2) is 0 Å². The lowest BCUT2D eigenvalue weighted by atomic mass is 9.86. The van der Waals surface area contributed by atoms with E-state index in [-0.39, 0.29) is 0 Å². The van der Waals surface area contributed by atoms with Gasteiger partial charge in [0.05, 0.1) is 0 Å². The van der Waals surface area contributed by atoms with Gasteiger partial charge in [0.1, 0.15) is 0 Å². The van der Waals surface area contributed by atoms with Crippen molar-refractivity contribution in [1.29, 1.82) is 0 Å². The van der Waals surface area contributed by atoms with Gasteiger partial charge in [-0.3, -0.25) is 4.98 Å². The lowest BCUT2D eigenvalue weighted by Crippen LogP contribution is -2.06. The molecule has 1 aromatic rings. The predicted octanol–water partition coefficient (Wildman–Crippen LogP) is 2.83. The molecule has 0 fully saturated rings. The van der Waals surface area contributed by atoms with Crippen LogP contribution in [0.15, 0.2) is 18.5 Å². The highest BCUT2D eigenvalue weighted by Gasteiger charge is 2.15. The summed E-state index contributed by atoms with van der Waals surface area (Å²) in [7, 11) is 0. The zero-order valence-electron chi connectivity index (χ0n) is 9.20. The molecule has 76 valence electrons. The molecule has 1 nitrogen and oxygen atoms in total. The molecule has 0 aromatic carbocycles. The van der Waals surface area contributed by atoms with E-state index in [9.17, 15) is 0 Å². The van der Waals surface area contributed by atoms with Crippen LogP contribution < -0.4 is 0 Å². The van der Waals surface area contributed by atoms with Crippen molar-refractivity contribution in [3.63, 3.8) is 0 Å². The van der Waals surface area contributed by atoms with Gasteiger partial charge in [-0.25, -0.2) is 0 Å². The van der Waals surface area contributed by atoms with Gasteiger partial charge in [-0.05, 0) is 23.5 Å². The Kier molecular flexibility index (Phi) is 3.95. The third-order valence-electron chi connectivity index (χ3n) is 2.50. The summed E-state index contributed by atoms with van der Waals surface area (Å²) in [5.74, 6) is 6.13. The van der Waals surface area contributed by atoms with Crippen LogP contribution in [-0.4, -0.2) is 4.98 Å². The molecule has 1 heterocycles. The molecule has 0 amide bonds. The van der Waals surface area contributed by atoms with E-state index < -0.39 is 0 Å². The van der Waals surface area contributed by atoms with E-state index in [0.29, 0.717) is 11.8 Å². The van der Waals surface area contributed by atoms with E-state index in [1.807, 2.05) is 12.3 Å². The average molecular weight is 197 g/mol. The Morgan fingerprint density at radius 2 is 2.07 bits per heavy atom. The minimum absolute atomic E-state index is 0.343. The molecular weight excluding hydrogens is 182 g/mol. The molecule has 0 aliphatic rings. The lowest BCUT2D eigenvalue weighted by molar-refractivity contribution is 0.506. The van der Waals surface area contributed by atoms with Crippen molar-refractivity contribution in [3.05, 3.63) is 29.6 Å². The number of pyridine rings is 1. The summed E-state index contributed by atoms with van der Waals surface area (Å²) in [4.78, 5) is 4.13. The van der Waals surface area contributed by atoms with Gasteiger partial charge in [-0.15, -0.1) is 18.8 Å². The Morgan fingerprint density at radius 1 is 1.33 bits per heavy atom. The van der Waals surface area contributed by atoms with Gasteiger partial charge in [0, 0.05) is 24.4 Å². The van der Waals surface area contributed by atoms with Gasteiger partial charge in [0.25, 0.3) is 0 Å². The van der Waals surface area contributed by atoms with Crippen molar-refractivity contribution in [3.8, 4) is 24.7 Å². The number of rotatable bonds is 3. The number of nitrogens with zero attached hydrogens (tertiary/aromatic N) is 1. The molecule has 0 radical (unpaired) electrons. The van der Waals surface area contributed by atoms with Crippen molar-refractivity contribution in [2.45, 2.75) is 26.2 Å². The summed E-state index contributed by atoms with van der Waals surface area (Å²) in [5.41, 5.74) is 1.95. The molecule has 0 saturated carbocycles. The molecule has 15 heavy (non-hydrogen) atoms. The maximum atomic E-state index is 5.36. The minimum Gasteiger partial charge on any atom is -0.263 e. The fraction of sp³-hybridized carbons (Fsp3) is 0.357. The smallest absolute Gasteiger partial charge is 0.0428 e. The maximum Gasteiger partial charge on any atom is 0.0428 e. The highest BCUT2D eigenvalue weighted by atomic mass is 14.6. The van der Waals surface area contributed by atoms with Gasteiger partial charge in [-0.1, -0.05) is 19.8 Å². The summed E-state index contributed by atoms with van der Waals surface area (Å²) in [6.07, 6.45) is 15.0. The second-order valence-electron chi connectivity index (χ2n) is 3.91. The van der Waals surface area contributed by atoms with Crippen LogP contribution in [0.5, 0.6) is 0 Å². The molecule has 1 atom stereocenters. The Hall–Kier alpha value is -1.73. The van der Waals surface area contributed by atoms with E-state index in [2.05, 4.69) is 30.7 Å². The van der Waals surface area contributed by atoms with Gasteiger partial charge in [-0.2, -0.15) is 0 Å². The van der Waals surface area contributed by atoms with Gasteiger partial charge < -0.3 is 0 Å². The third kappa shape index (κ3) is 2.86. The van der Waals surface area contributed by atoms with Crippen LogP contribution in [-0.2, 0) is 0 Å². The molecule has 1 rings (SSSR count). The van der Waals surface area contributed by atoms with Crippen molar-refractivity contribution in [2.24, 2.45) is 5.92 Å². The molecule has 0 aliphatic carbocycles. The molecular formula is C14H15N. The second kappa shape index (κ2) is 5.23. The summed E-state index contributed by atoms with van der Waals surface area (Å²) >= 11 is 0. The van der Waals surface area contributed by atoms with E-state index in [1.165, 1.54) is 0 Å². The summed E-state index contributed by atoms with van der Waals surface area (Å²) in [5, 5.41) is 0. The number of aromatic nitrogens is 1. The Balaban J connectivity index is 3.02. The monoisotopic (exact) mass is 197 g/mol. The topological polar surface area (TPSA) is 12.9 Å². The molecule has 0 saturated heterocycles. The Bertz CT molecular complexity index is 404. The summed E-state index contributed by atoms with van der Waals surface area (Å²) in [6.45, 7) is 4.31. The highest BCUT2D eigenvalue weighted by Crippen LogP contribution is 2.27. The van der Waals surface area contributed by atoms with Crippen LogP contribution in [0.4, 0.5) is 0 Å². The molecule has 0 aliphatic heterocycles. The molecule has 1 heteroatoms. The van der Waals surface area contributed by atoms with Crippen molar-refractivity contribution >= 4 is 0 Å². The second-order valence-corrected chi connectivity index (χ2v) is 3.91. The minimum atomic E-state index is 0.343. The van der Waals surface area contributed by atoms with Crippen molar-refractivity contribution in [2.75, 3.05) is 0 Å². The van der Waals surface area contributed by atoms with E-state index in [0.717, 1.165) is 17.5 Å². The quantitative estimate of drug-likeness (QED) is 0.679. The van der Waals surface area contributed by atoms with E-state index in [4.69, 9.17) is 12.8 Å². The van der Waals surface area contributed by atoms with Crippen LogP contribution in [0.1, 0.15) is 37.3 Å². The first kappa shape index (κ1) is 11.3. The zero-order chi connectivity index (χ0) is 11.3. The van der Waals surface area contributed by atoms with Crippen LogP contribution in [0.3, 0.4) is 0 Å². The molecule has 0 bridgehead atoms. The van der Waals surface area contributed by atoms with Crippen molar-refractivity contribution in [1.82, 2.24) is 4.98 Å². The van der Waals surface area contributed by atoms with Crippen LogP contribution in [0.25, 0.3) is 0 Å².